The van der Waals surface area contributed by atoms with Crippen LogP contribution in [-0.4, -0.2) is 31.0 Å². The molecule has 0 unspecified atom stereocenters. The number of rotatable bonds is 7. The first-order chi connectivity index (χ1) is 15.9. The van der Waals surface area contributed by atoms with E-state index in [2.05, 4.69) is 24.3 Å². The maximum absolute atomic E-state index is 13.5. The van der Waals surface area contributed by atoms with Gasteiger partial charge >= 0.3 is 0 Å². The Morgan fingerprint density at radius 3 is 2.52 bits per heavy atom. The van der Waals surface area contributed by atoms with Crippen molar-refractivity contribution in [2.45, 2.75) is 44.8 Å². The van der Waals surface area contributed by atoms with Gasteiger partial charge in [0.1, 0.15) is 5.82 Å². The predicted octanol–water partition coefficient (Wildman–Crippen LogP) is 5.02. The van der Waals surface area contributed by atoms with Crippen LogP contribution >= 0.6 is 11.8 Å². The lowest BCUT2D eigenvalue weighted by Gasteiger charge is -2.18. The normalized spacial score (nSPS) is 11.5. The molecule has 0 aliphatic carbocycles. The van der Waals surface area contributed by atoms with Crippen LogP contribution in [0, 0.1) is 0 Å². The lowest BCUT2D eigenvalue weighted by atomic mass is 10.0. The SMILES string of the molecule is CC(C)c1ccccc1-n1c(SCC(=O)Nc2ccnn2C(C)C)nc2ccccc2c1=O. The Morgan fingerprint density at radius 2 is 1.76 bits per heavy atom. The zero-order valence-electron chi connectivity index (χ0n) is 19.1. The minimum Gasteiger partial charge on any atom is -0.310 e. The lowest BCUT2D eigenvalue weighted by Crippen LogP contribution is -2.24. The van der Waals surface area contributed by atoms with E-state index in [9.17, 15) is 9.59 Å². The Labute approximate surface area is 196 Å². The fraction of sp³-hybridized carbons (Fsp3) is 0.280. The molecule has 2 aromatic carbocycles. The van der Waals surface area contributed by atoms with Gasteiger partial charge in [-0.15, -0.1) is 0 Å². The second-order valence-electron chi connectivity index (χ2n) is 8.36. The average molecular weight is 462 g/mol. The van der Waals surface area contributed by atoms with E-state index in [1.165, 1.54) is 11.8 Å². The van der Waals surface area contributed by atoms with Crippen molar-refractivity contribution in [1.29, 1.82) is 0 Å². The summed E-state index contributed by atoms with van der Waals surface area (Å²) in [6, 6.07) is 17.0. The van der Waals surface area contributed by atoms with Crippen molar-refractivity contribution >= 4 is 34.4 Å². The fourth-order valence-corrected chi connectivity index (χ4v) is 4.54. The predicted molar refractivity (Wildman–Crippen MR) is 133 cm³/mol. The summed E-state index contributed by atoms with van der Waals surface area (Å²) in [6.45, 7) is 8.19. The van der Waals surface area contributed by atoms with Gasteiger partial charge in [0.25, 0.3) is 5.56 Å². The molecule has 33 heavy (non-hydrogen) atoms. The summed E-state index contributed by atoms with van der Waals surface area (Å²) in [5.74, 6) is 0.785. The van der Waals surface area contributed by atoms with Gasteiger partial charge in [-0.2, -0.15) is 5.10 Å². The standard InChI is InChI=1S/C25H27N5O2S/c1-16(2)18-9-6-8-12-21(18)29-24(32)19-10-5-7-11-20(19)27-25(29)33-15-23(31)28-22-13-14-26-30(22)17(3)4/h5-14,16-17H,15H2,1-4H3,(H,28,31). The van der Waals surface area contributed by atoms with Gasteiger partial charge in [-0.25, -0.2) is 9.67 Å². The number of carbonyl (C=O) groups is 1. The quantitative estimate of drug-likeness (QED) is 0.309. The lowest BCUT2D eigenvalue weighted by molar-refractivity contribution is -0.113. The number of nitrogens with one attached hydrogen (secondary N) is 1. The summed E-state index contributed by atoms with van der Waals surface area (Å²) in [5, 5.41) is 8.19. The topological polar surface area (TPSA) is 81.8 Å². The van der Waals surface area contributed by atoms with Crippen molar-refractivity contribution in [2.24, 2.45) is 0 Å². The van der Waals surface area contributed by atoms with Gasteiger partial charge in [0.05, 0.1) is 28.5 Å². The van der Waals surface area contributed by atoms with E-state index in [1.807, 2.05) is 56.3 Å². The van der Waals surface area contributed by atoms with Gasteiger partial charge < -0.3 is 5.32 Å². The van der Waals surface area contributed by atoms with Gasteiger partial charge in [0.15, 0.2) is 5.16 Å². The summed E-state index contributed by atoms with van der Waals surface area (Å²) in [5.41, 5.74) is 2.30. The maximum Gasteiger partial charge on any atom is 0.266 e. The van der Waals surface area contributed by atoms with Crippen molar-refractivity contribution in [3.63, 3.8) is 0 Å². The average Bonchev–Trinajstić information content (AvgIpc) is 3.26. The van der Waals surface area contributed by atoms with Crippen LogP contribution < -0.4 is 10.9 Å². The molecule has 4 rings (SSSR count). The van der Waals surface area contributed by atoms with Crippen LogP contribution in [0.2, 0.25) is 0 Å². The number of para-hydroxylation sites is 2. The number of hydrogen-bond donors (Lipinski definition) is 1. The fourth-order valence-electron chi connectivity index (χ4n) is 3.73. The van der Waals surface area contributed by atoms with E-state index in [0.29, 0.717) is 21.9 Å². The molecule has 0 spiro atoms. The molecule has 2 aromatic heterocycles. The van der Waals surface area contributed by atoms with Gasteiger partial charge in [-0.05, 0) is 43.5 Å². The van der Waals surface area contributed by atoms with Crippen LogP contribution in [0.1, 0.15) is 45.2 Å². The minimum atomic E-state index is -0.187. The molecule has 2 heterocycles. The van der Waals surface area contributed by atoms with Gasteiger partial charge in [0, 0.05) is 12.1 Å². The molecule has 0 bridgehead atoms. The molecule has 0 saturated heterocycles. The maximum atomic E-state index is 13.5. The number of hydrogen-bond acceptors (Lipinski definition) is 5. The molecular formula is C25H27N5O2S. The number of amides is 1. The molecular weight excluding hydrogens is 434 g/mol. The molecule has 0 aliphatic rings. The molecule has 0 atom stereocenters. The number of anilines is 1. The van der Waals surface area contributed by atoms with Crippen LogP contribution in [0.15, 0.2) is 70.7 Å². The summed E-state index contributed by atoms with van der Waals surface area (Å²) >= 11 is 1.25. The molecule has 170 valence electrons. The Bertz CT molecular complexity index is 1360. The van der Waals surface area contributed by atoms with Crippen molar-refractivity contribution < 1.29 is 4.79 Å². The molecule has 8 heteroatoms. The van der Waals surface area contributed by atoms with E-state index in [-0.39, 0.29) is 29.2 Å². The summed E-state index contributed by atoms with van der Waals surface area (Å²) in [7, 11) is 0. The Kier molecular flexibility index (Phi) is 6.65. The van der Waals surface area contributed by atoms with E-state index in [1.54, 1.807) is 27.6 Å². The first kappa shape index (κ1) is 22.8. The second kappa shape index (κ2) is 9.62. The molecule has 0 aliphatic heterocycles. The van der Waals surface area contributed by atoms with Crippen molar-refractivity contribution in [3.8, 4) is 5.69 Å². The number of nitrogens with zero attached hydrogens (tertiary/aromatic N) is 4. The molecule has 0 radical (unpaired) electrons. The monoisotopic (exact) mass is 461 g/mol. The first-order valence-electron chi connectivity index (χ1n) is 10.9. The van der Waals surface area contributed by atoms with Gasteiger partial charge in [0.2, 0.25) is 5.91 Å². The Morgan fingerprint density at radius 1 is 1.03 bits per heavy atom. The minimum absolute atomic E-state index is 0.109. The van der Waals surface area contributed by atoms with Crippen LogP contribution in [-0.2, 0) is 4.79 Å². The third kappa shape index (κ3) is 4.71. The van der Waals surface area contributed by atoms with E-state index >= 15 is 0 Å². The number of thioether (sulfide) groups is 1. The summed E-state index contributed by atoms with van der Waals surface area (Å²) < 4.78 is 3.39. The highest BCUT2D eigenvalue weighted by Crippen LogP contribution is 2.27. The molecule has 7 nitrogen and oxygen atoms in total. The van der Waals surface area contributed by atoms with Crippen LogP contribution in [0.4, 0.5) is 5.82 Å². The van der Waals surface area contributed by atoms with Crippen LogP contribution in [0.25, 0.3) is 16.6 Å². The Hall–Kier alpha value is -3.39. The highest BCUT2D eigenvalue weighted by molar-refractivity contribution is 7.99. The number of fused-ring (bicyclic) bond motifs is 1. The largest absolute Gasteiger partial charge is 0.310 e. The van der Waals surface area contributed by atoms with Crippen molar-refractivity contribution in [3.05, 3.63) is 76.7 Å². The first-order valence-corrected chi connectivity index (χ1v) is 11.9. The third-order valence-electron chi connectivity index (χ3n) is 5.30. The van der Waals surface area contributed by atoms with Crippen molar-refractivity contribution in [1.82, 2.24) is 19.3 Å². The van der Waals surface area contributed by atoms with Gasteiger partial charge in [-0.1, -0.05) is 55.9 Å². The van der Waals surface area contributed by atoms with Crippen LogP contribution in [0.5, 0.6) is 0 Å². The highest BCUT2D eigenvalue weighted by atomic mass is 32.2. The zero-order chi connectivity index (χ0) is 23.5. The number of carbonyl (C=O) groups excluding carboxylic acids is 1. The van der Waals surface area contributed by atoms with Crippen LogP contribution in [0.3, 0.4) is 0 Å². The summed E-state index contributed by atoms with van der Waals surface area (Å²) in [4.78, 5) is 31.0. The third-order valence-corrected chi connectivity index (χ3v) is 6.24. The number of benzene rings is 2. The molecule has 1 N–H and O–H groups in total. The Balaban J connectivity index is 1.71. The van der Waals surface area contributed by atoms with Crippen molar-refractivity contribution in [2.75, 3.05) is 11.1 Å². The molecule has 4 aromatic rings. The summed E-state index contributed by atoms with van der Waals surface area (Å²) in [6.07, 6.45) is 1.66. The molecule has 0 saturated carbocycles. The van der Waals surface area contributed by atoms with E-state index in [0.717, 1.165) is 11.3 Å². The number of aromatic nitrogens is 4. The van der Waals surface area contributed by atoms with E-state index in [4.69, 9.17) is 4.98 Å². The smallest absolute Gasteiger partial charge is 0.266 e. The molecule has 0 fully saturated rings. The highest BCUT2D eigenvalue weighted by Gasteiger charge is 2.18. The van der Waals surface area contributed by atoms with Gasteiger partial charge in [-0.3, -0.25) is 14.2 Å². The molecule has 1 amide bonds. The second-order valence-corrected chi connectivity index (χ2v) is 9.30. The zero-order valence-corrected chi connectivity index (χ0v) is 20.0. The van der Waals surface area contributed by atoms with E-state index < -0.39 is 0 Å².